The lowest BCUT2D eigenvalue weighted by Crippen LogP contribution is -2.51. The zero-order chi connectivity index (χ0) is 11.6. The minimum absolute atomic E-state index is 0.349. The third kappa shape index (κ3) is 3.17. The minimum Gasteiger partial charge on any atom is -0.349 e. The summed E-state index contributed by atoms with van der Waals surface area (Å²) in [6.07, 6.45) is 2.64. The molecule has 4 heteroatoms. The van der Waals surface area contributed by atoms with Crippen LogP contribution >= 0.6 is 0 Å². The number of likely N-dealkylation sites (N-methyl/N-ethyl adjacent to an activating group) is 1. The molecular formula is C12H24N2O2. The van der Waals surface area contributed by atoms with E-state index in [1.165, 1.54) is 19.4 Å². The Labute approximate surface area is 98.3 Å². The second-order valence-electron chi connectivity index (χ2n) is 5.40. The fourth-order valence-corrected chi connectivity index (χ4v) is 2.35. The lowest BCUT2D eigenvalue weighted by Gasteiger charge is -2.36. The summed E-state index contributed by atoms with van der Waals surface area (Å²) >= 11 is 0. The smallest absolute Gasteiger partial charge is 0.162 e. The molecule has 2 heterocycles. The molecule has 0 radical (unpaired) electrons. The Balaban J connectivity index is 1.67. The molecule has 0 saturated carbocycles. The molecule has 0 aromatic rings. The van der Waals surface area contributed by atoms with E-state index >= 15 is 0 Å². The van der Waals surface area contributed by atoms with Crippen molar-refractivity contribution in [2.45, 2.75) is 44.6 Å². The first-order valence-electron chi connectivity index (χ1n) is 6.28. The first-order chi connectivity index (χ1) is 7.57. The van der Waals surface area contributed by atoms with Crippen LogP contribution in [0.1, 0.15) is 26.7 Å². The summed E-state index contributed by atoms with van der Waals surface area (Å²) in [5, 5.41) is 3.54. The maximum atomic E-state index is 5.62. The van der Waals surface area contributed by atoms with Gasteiger partial charge in [0.25, 0.3) is 0 Å². The Morgan fingerprint density at radius 3 is 2.56 bits per heavy atom. The second kappa shape index (κ2) is 5.00. The van der Waals surface area contributed by atoms with Crippen LogP contribution in [0.2, 0.25) is 0 Å². The molecule has 4 nitrogen and oxygen atoms in total. The predicted octanol–water partition coefficient (Wildman–Crippen LogP) is 0.822. The van der Waals surface area contributed by atoms with E-state index in [1.807, 2.05) is 13.8 Å². The molecule has 1 atom stereocenters. The molecular weight excluding hydrogens is 204 g/mol. The van der Waals surface area contributed by atoms with Gasteiger partial charge in [0.05, 0.1) is 19.3 Å². The molecule has 0 bridgehead atoms. The maximum Gasteiger partial charge on any atom is 0.162 e. The van der Waals surface area contributed by atoms with Crippen LogP contribution in [-0.2, 0) is 9.47 Å². The number of hydrogen-bond donors (Lipinski definition) is 1. The molecule has 0 amide bonds. The zero-order valence-corrected chi connectivity index (χ0v) is 10.7. The van der Waals surface area contributed by atoms with Gasteiger partial charge in [-0.05, 0) is 40.3 Å². The Bertz CT molecular complexity index is 223. The van der Waals surface area contributed by atoms with E-state index in [9.17, 15) is 0 Å². The lowest BCUT2D eigenvalue weighted by atomic mass is 10.2. The zero-order valence-electron chi connectivity index (χ0n) is 10.7. The largest absolute Gasteiger partial charge is 0.349 e. The van der Waals surface area contributed by atoms with Crippen molar-refractivity contribution >= 4 is 0 Å². The van der Waals surface area contributed by atoms with Gasteiger partial charge in [0.15, 0.2) is 5.79 Å². The fourth-order valence-electron chi connectivity index (χ4n) is 2.35. The van der Waals surface area contributed by atoms with Crippen LogP contribution in [0.15, 0.2) is 0 Å². The van der Waals surface area contributed by atoms with E-state index in [0.29, 0.717) is 12.1 Å². The number of nitrogens with zero attached hydrogens (tertiary/aromatic N) is 1. The average molecular weight is 228 g/mol. The highest BCUT2D eigenvalue weighted by Crippen LogP contribution is 2.18. The molecule has 0 aromatic heterocycles. The van der Waals surface area contributed by atoms with Gasteiger partial charge in [0.2, 0.25) is 0 Å². The molecule has 2 rings (SSSR count). The number of ether oxygens (including phenoxy) is 2. The fraction of sp³-hybridized carbons (Fsp3) is 1.00. The second-order valence-corrected chi connectivity index (χ2v) is 5.40. The summed E-state index contributed by atoms with van der Waals surface area (Å²) in [4.78, 5) is 2.43. The van der Waals surface area contributed by atoms with Crippen molar-refractivity contribution in [1.82, 2.24) is 10.2 Å². The molecule has 1 unspecified atom stereocenters. The third-order valence-corrected chi connectivity index (χ3v) is 3.58. The van der Waals surface area contributed by atoms with E-state index in [2.05, 4.69) is 17.3 Å². The number of likely N-dealkylation sites (tertiary alicyclic amines) is 1. The summed E-state index contributed by atoms with van der Waals surface area (Å²) in [6.45, 7) is 7.72. The van der Waals surface area contributed by atoms with Crippen LogP contribution in [0.4, 0.5) is 0 Å². The summed E-state index contributed by atoms with van der Waals surface area (Å²) < 4.78 is 11.2. The summed E-state index contributed by atoms with van der Waals surface area (Å²) in [5.41, 5.74) is 0. The van der Waals surface area contributed by atoms with Gasteiger partial charge in [0, 0.05) is 12.6 Å². The van der Waals surface area contributed by atoms with E-state index in [1.54, 1.807) is 0 Å². The van der Waals surface area contributed by atoms with Gasteiger partial charge in [-0.2, -0.15) is 0 Å². The molecule has 0 aliphatic carbocycles. The summed E-state index contributed by atoms with van der Waals surface area (Å²) in [5.74, 6) is -0.400. The van der Waals surface area contributed by atoms with Gasteiger partial charge in [-0.25, -0.2) is 0 Å². The Morgan fingerprint density at radius 1 is 1.31 bits per heavy atom. The highest BCUT2D eigenvalue weighted by molar-refractivity contribution is 4.81. The van der Waals surface area contributed by atoms with Gasteiger partial charge in [-0.1, -0.05) is 0 Å². The van der Waals surface area contributed by atoms with Crippen molar-refractivity contribution in [2.75, 3.05) is 33.4 Å². The summed E-state index contributed by atoms with van der Waals surface area (Å²) in [6, 6.07) is 1.04. The third-order valence-electron chi connectivity index (χ3n) is 3.58. The van der Waals surface area contributed by atoms with Crippen LogP contribution in [0.3, 0.4) is 0 Å². The molecule has 0 aromatic carbocycles. The van der Waals surface area contributed by atoms with Gasteiger partial charge in [0.1, 0.15) is 0 Å². The Hall–Kier alpha value is -0.160. The van der Waals surface area contributed by atoms with Crippen molar-refractivity contribution in [3.8, 4) is 0 Å². The molecule has 2 aliphatic heterocycles. The van der Waals surface area contributed by atoms with E-state index in [4.69, 9.17) is 9.47 Å². The van der Waals surface area contributed by atoms with Crippen LogP contribution in [0.5, 0.6) is 0 Å². The molecule has 0 spiro atoms. The van der Waals surface area contributed by atoms with Gasteiger partial charge < -0.3 is 19.7 Å². The SMILES string of the molecule is CN1CCCC1CNC1COC(C)(C)OC1. The first kappa shape index (κ1) is 12.3. The van der Waals surface area contributed by atoms with Gasteiger partial charge in [-0.3, -0.25) is 0 Å². The van der Waals surface area contributed by atoms with E-state index in [0.717, 1.165) is 19.8 Å². The Morgan fingerprint density at radius 2 is 2.00 bits per heavy atom. The van der Waals surface area contributed by atoms with E-state index < -0.39 is 5.79 Å². The molecule has 94 valence electrons. The van der Waals surface area contributed by atoms with E-state index in [-0.39, 0.29) is 0 Å². The van der Waals surface area contributed by atoms with Crippen molar-refractivity contribution < 1.29 is 9.47 Å². The highest BCUT2D eigenvalue weighted by Gasteiger charge is 2.29. The van der Waals surface area contributed by atoms with Gasteiger partial charge >= 0.3 is 0 Å². The number of nitrogens with one attached hydrogen (secondary N) is 1. The lowest BCUT2D eigenvalue weighted by molar-refractivity contribution is -0.253. The normalized spacial score (nSPS) is 32.1. The van der Waals surface area contributed by atoms with Crippen molar-refractivity contribution in [2.24, 2.45) is 0 Å². The van der Waals surface area contributed by atoms with Crippen LogP contribution < -0.4 is 5.32 Å². The highest BCUT2D eigenvalue weighted by atomic mass is 16.7. The molecule has 1 N–H and O–H groups in total. The van der Waals surface area contributed by atoms with Crippen molar-refractivity contribution in [3.05, 3.63) is 0 Å². The molecule has 2 aliphatic rings. The molecule has 16 heavy (non-hydrogen) atoms. The first-order valence-corrected chi connectivity index (χ1v) is 6.28. The predicted molar refractivity (Wildman–Crippen MR) is 63.4 cm³/mol. The van der Waals surface area contributed by atoms with Gasteiger partial charge in [-0.15, -0.1) is 0 Å². The quantitative estimate of drug-likeness (QED) is 0.775. The minimum atomic E-state index is -0.400. The van der Waals surface area contributed by atoms with Crippen molar-refractivity contribution in [1.29, 1.82) is 0 Å². The number of hydrogen-bond acceptors (Lipinski definition) is 4. The Kier molecular flexibility index (Phi) is 3.85. The average Bonchev–Trinajstić information content (AvgIpc) is 2.63. The monoisotopic (exact) mass is 228 g/mol. The summed E-state index contributed by atoms with van der Waals surface area (Å²) in [7, 11) is 2.20. The van der Waals surface area contributed by atoms with Crippen LogP contribution in [0, 0.1) is 0 Å². The molecule has 2 saturated heterocycles. The van der Waals surface area contributed by atoms with Crippen LogP contribution in [-0.4, -0.2) is 56.1 Å². The van der Waals surface area contributed by atoms with Crippen molar-refractivity contribution in [3.63, 3.8) is 0 Å². The topological polar surface area (TPSA) is 33.7 Å². The number of rotatable bonds is 3. The van der Waals surface area contributed by atoms with Crippen LogP contribution in [0.25, 0.3) is 0 Å². The molecule has 2 fully saturated rings. The maximum absolute atomic E-state index is 5.62. The standard InChI is InChI=1S/C12H24N2O2/c1-12(2)15-8-10(9-16-12)13-7-11-5-4-6-14(11)3/h10-11,13H,4-9H2,1-3H3.